The molecule has 92 valence electrons. The average molecular weight is 225 g/mol. The molecule has 2 atom stereocenters. The highest BCUT2D eigenvalue weighted by Crippen LogP contribution is 2.19. The fourth-order valence-electron chi connectivity index (χ4n) is 2.66. The van der Waals surface area contributed by atoms with Gasteiger partial charge in [0.1, 0.15) is 0 Å². The second-order valence-corrected chi connectivity index (χ2v) is 5.00. The van der Waals surface area contributed by atoms with Crippen molar-refractivity contribution in [3.63, 3.8) is 0 Å². The lowest BCUT2D eigenvalue weighted by Crippen LogP contribution is -2.51. The van der Waals surface area contributed by atoms with Crippen LogP contribution in [0, 0.1) is 11.8 Å². The van der Waals surface area contributed by atoms with Gasteiger partial charge in [-0.15, -0.1) is 0 Å². The molecule has 0 unspecified atom stereocenters. The normalized spacial score (nSPS) is 32.0. The molecule has 2 aliphatic rings. The molecule has 0 saturated carbocycles. The van der Waals surface area contributed by atoms with Crippen LogP contribution in [-0.2, 0) is 4.79 Å². The zero-order valence-electron chi connectivity index (χ0n) is 10.4. The Labute approximate surface area is 98.0 Å². The first-order valence-electron chi connectivity index (χ1n) is 6.44. The van der Waals surface area contributed by atoms with Gasteiger partial charge in [-0.25, -0.2) is 0 Å². The molecule has 1 N–H and O–H groups in total. The second-order valence-electron chi connectivity index (χ2n) is 5.00. The maximum absolute atomic E-state index is 12.3. The first-order chi connectivity index (χ1) is 7.72. The van der Waals surface area contributed by atoms with Crippen molar-refractivity contribution in [2.75, 3.05) is 45.8 Å². The van der Waals surface area contributed by atoms with E-state index in [0.717, 1.165) is 45.8 Å². The van der Waals surface area contributed by atoms with E-state index in [2.05, 4.69) is 29.0 Å². The minimum atomic E-state index is 0.216. The number of likely N-dealkylation sites (N-methyl/N-ethyl adjacent to an activating group) is 1. The van der Waals surface area contributed by atoms with Crippen LogP contribution < -0.4 is 5.32 Å². The molecule has 0 aliphatic carbocycles. The summed E-state index contributed by atoms with van der Waals surface area (Å²) in [6.07, 6.45) is 0. The maximum atomic E-state index is 12.3. The molecule has 2 heterocycles. The molecule has 2 aliphatic heterocycles. The molecule has 0 bridgehead atoms. The van der Waals surface area contributed by atoms with E-state index in [-0.39, 0.29) is 5.92 Å². The molecule has 16 heavy (non-hydrogen) atoms. The number of hydrogen-bond acceptors (Lipinski definition) is 3. The van der Waals surface area contributed by atoms with Gasteiger partial charge in [0.15, 0.2) is 0 Å². The van der Waals surface area contributed by atoms with Gasteiger partial charge in [-0.1, -0.05) is 13.8 Å². The predicted molar refractivity (Wildman–Crippen MR) is 64.2 cm³/mol. The fourth-order valence-corrected chi connectivity index (χ4v) is 2.66. The van der Waals surface area contributed by atoms with Crippen LogP contribution in [0.4, 0.5) is 0 Å². The highest BCUT2D eigenvalue weighted by atomic mass is 16.2. The zero-order chi connectivity index (χ0) is 11.5. The van der Waals surface area contributed by atoms with Gasteiger partial charge in [0.05, 0.1) is 5.92 Å². The monoisotopic (exact) mass is 225 g/mol. The summed E-state index contributed by atoms with van der Waals surface area (Å²) >= 11 is 0. The summed E-state index contributed by atoms with van der Waals surface area (Å²) in [5.41, 5.74) is 0. The molecule has 0 aromatic carbocycles. The van der Waals surface area contributed by atoms with Crippen LogP contribution in [0.1, 0.15) is 13.8 Å². The number of nitrogens with zero attached hydrogens (tertiary/aromatic N) is 2. The summed E-state index contributed by atoms with van der Waals surface area (Å²) in [5.74, 6) is 1.08. The van der Waals surface area contributed by atoms with Crippen molar-refractivity contribution >= 4 is 5.91 Å². The Morgan fingerprint density at radius 1 is 1.25 bits per heavy atom. The largest absolute Gasteiger partial charge is 0.340 e. The first kappa shape index (κ1) is 11.9. The second kappa shape index (κ2) is 5.15. The van der Waals surface area contributed by atoms with Crippen LogP contribution in [0.15, 0.2) is 0 Å². The number of rotatable bonds is 2. The zero-order valence-corrected chi connectivity index (χ0v) is 10.4. The summed E-state index contributed by atoms with van der Waals surface area (Å²) in [5, 5.41) is 3.30. The number of nitrogens with one attached hydrogen (secondary N) is 1. The Bertz CT molecular complexity index is 249. The Morgan fingerprint density at radius 2 is 1.94 bits per heavy atom. The van der Waals surface area contributed by atoms with Crippen LogP contribution in [0.5, 0.6) is 0 Å². The molecule has 0 aromatic rings. The van der Waals surface area contributed by atoms with Gasteiger partial charge in [0, 0.05) is 32.7 Å². The topological polar surface area (TPSA) is 35.6 Å². The van der Waals surface area contributed by atoms with Crippen molar-refractivity contribution in [1.82, 2.24) is 15.1 Å². The van der Waals surface area contributed by atoms with Crippen LogP contribution in [-0.4, -0.2) is 61.5 Å². The number of amides is 1. The third-order valence-corrected chi connectivity index (χ3v) is 3.97. The average Bonchev–Trinajstić information content (AvgIpc) is 2.75. The van der Waals surface area contributed by atoms with Gasteiger partial charge in [0.2, 0.25) is 5.91 Å². The summed E-state index contributed by atoms with van der Waals surface area (Å²) in [6.45, 7) is 11.2. The molecule has 1 amide bonds. The first-order valence-corrected chi connectivity index (χ1v) is 6.44. The minimum absolute atomic E-state index is 0.216. The number of hydrogen-bond donors (Lipinski definition) is 1. The Kier molecular flexibility index (Phi) is 3.82. The molecule has 0 spiro atoms. The molecular weight excluding hydrogens is 202 g/mol. The third kappa shape index (κ3) is 2.38. The van der Waals surface area contributed by atoms with Crippen molar-refractivity contribution in [2.24, 2.45) is 11.8 Å². The summed E-state index contributed by atoms with van der Waals surface area (Å²) in [4.78, 5) is 16.7. The number of carbonyl (C=O) groups is 1. The van der Waals surface area contributed by atoms with Gasteiger partial charge in [-0.2, -0.15) is 0 Å². The predicted octanol–water partition coefficient (Wildman–Crippen LogP) is 0.00600. The highest BCUT2D eigenvalue weighted by molar-refractivity contribution is 5.79. The summed E-state index contributed by atoms with van der Waals surface area (Å²) in [7, 11) is 0. The van der Waals surface area contributed by atoms with Gasteiger partial charge in [0.25, 0.3) is 0 Å². The van der Waals surface area contributed by atoms with Crippen molar-refractivity contribution in [3.8, 4) is 0 Å². The van der Waals surface area contributed by atoms with Crippen LogP contribution in [0.25, 0.3) is 0 Å². The van der Waals surface area contributed by atoms with E-state index in [4.69, 9.17) is 0 Å². The lowest BCUT2D eigenvalue weighted by atomic mass is 9.96. The van der Waals surface area contributed by atoms with Crippen molar-refractivity contribution in [1.29, 1.82) is 0 Å². The molecule has 0 radical (unpaired) electrons. The molecule has 2 rings (SSSR count). The molecule has 4 heteroatoms. The maximum Gasteiger partial charge on any atom is 0.227 e. The van der Waals surface area contributed by atoms with E-state index in [1.54, 1.807) is 0 Å². The van der Waals surface area contributed by atoms with E-state index in [9.17, 15) is 4.79 Å². The molecular formula is C12H23N3O. The van der Waals surface area contributed by atoms with E-state index in [1.807, 2.05) is 0 Å². The molecule has 4 nitrogen and oxygen atoms in total. The van der Waals surface area contributed by atoms with Crippen LogP contribution in [0.2, 0.25) is 0 Å². The number of carbonyl (C=O) groups excluding carboxylic acids is 1. The lowest BCUT2D eigenvalue weighted by molar-refractivity contribution is -0.137. The smallest absolute Gasteiger partial charge is 0.227 e. The van der Waals surface area contributed by atoms with Crippen molar-refractivity contribution in [3.05, 3.63) is 0 Å². The van der Waals surface area contributed by atoms with Gasteiger partial charge in [-0.05, 0) is 19.0 Å². The third-order valence-electron chi connectivity index (χ3n) is 3.97. The van der Waals surface area contributed by atoms with Gasteiger partial charge >= 0.3 is 0 Å². The molecule has 2 fully saturated rings. The van der Waals surface area contributed by atoms with E-state index < -0.39 is 0 Å². The van der Waals surface area contributed by atoms with Crippen LogP contribution in [0.3, 0.4) is 0 Å². The molecule has 0 aromatic heterocycles. The van der Waals surface area contributed by atoms with Gasteiger partial charge in [-0.3, -0.25) is 4.79 Å². The fraction of sp³-hybridized carbons (Fsp3) is 0.917. The SMILES string of the molecule is CCN1CCN(C(=O)[C@@H]2CNC[C@H]2C)CC1. The van der Waals surface area contributed by atoms with Crippen LogP contribution >= 0.6 is 0 Å². The van der Waals surface area contributed by atoms with Crippen molar-refractivity contribution < 1.29 is 4.79 Å². The summed E-state index contributed by atoms with van der Waals surface area (Å²) in [6, 6.07) is 0. The molecule has 2 saturated heterocycles. The number of piperazine rings is 1. The Hall–Kier alpha value is -0.610. The quantitative estimate of drug-likeness (QED) is 0.719. The highest BCUT2D eigenvalue weighted by Gasteiger charge is 2.33. The minimum Gasteiger partial charge on any atom is -0.340 e. The Balaban J connectivity index is 1.86. The Morgan fingerprint density at radius 3 is 2.44 bits per heavy atom. The summed E-state index contributed by atoms with van der Waals surface area (Å²) < 4.78 is 0. The van der Waals surface area contributed by atoms with E-state index in [1.165, 1.54) is 0 Å². The van der Waals surface area contributed by atoms with Crippen molar-refractivity contribution in [2.45, 2.75) is 13.8 Å². The van der Waals surface area contributed by atoms with E-state index in [0.29, 0.717) is 11.8 Å². The standard InChI is InChI=1S/C12H23N3O/c1-3-14-4-6-15(7-5-14)12(16)11-9-13-8-10(11)2/h10-11,13H,3-9H2,1-2H3/t10-,11-/m1/s1. The van der Waals surface area contributed by atoms with Gasteiger partial charge < -0.3 is 15.1 Å². The van der Waals surface area contributed by atoms with E-state index >= 15 is 0 Å². The lowest BCUT2D eigenvalue weighted by Gasteiger charge is -2.35.